The summed E-state index contributed by atoms with van der Waals surface area (Å²) in [6, 6.07) is 3.78. The van der Waals surface area contributed by atoms with E-state index >= 15 is 0 Å². The number of fused-ring (bicyclic) bond motifs is 1. The van der Waals surface area contributed by atoms with Gasteiger partial charge in [0.1, 0.15) is 0 Å². The van der Waals surface area contributed by atoms with E-state index in [4.69, 9.17) is 4.74 Å². The third kappa shape index (κ3) is 2.36. The Hall–Kier alpha value is -1.43. The summed E-state index contributed by atoms with van der Waals surface area (Å²) in [5, 5.41) is 6.50. The zero-order valence-electron chi connectivity index (χ0n) is 10.3. The van der Waals surface area contributed by atoms with Crippen molar-refractivity contribution >= 4 is 11.4 Å². The van der Waals surface area contributed by atoms with E-state index in [9.17, 15) is 13.2 Å². The molecule has 0 bridgehead atoms. The molecule has 3 nitrogen and oxygen atoms in total. The number of halogens is 3. The second-order valence-electron chi connectivity index (χ2n) is 5.13. The molecule has 1 aromatic rings. The number of rotatable bonds is 0. The van der Waals surface area contributed by atoms with Crippen LogP contribution in [-0.2, 0) is 10.9 Å². The number of ether oxygens (including phenoxy) is 1. The largest absolute Gasteiger partial charge is 0.416 e. The Balaban J connectivity index is 1.86. The van der Waals surface area contributed by atoms with Crippen LogP contribution in [0.4, 0.5) is 24.5 Å². The van der Waals surface area contributed by atoms with E-state index in [0.717, 1.165) is 30.7 Å². The van der Waals surface area contributed by atoms with Gasteiger partial charge in [-0.1, -0.05) is 0 Å². The Morgan fingerprint density at radius 2 is 1.84 bits per heavy atom. The van der Waals surface area contributed by atoms with Crippen LogP contribution < -0.4 is 10.6 Å². The van der Waals surface area contributed by atoms with E-state index in [1.165, 1.54) is 6.07 Å². The molecule has 0 saturated carbocycles. The molecule has 3 rings (SSSR count). The molecule has 104 valence electrons. The van der Waals surface area contributed by atoms with Crippen molar-refractivity contribution in [2.24, 2.45) is 0 Å². The van der Waals surface area contributed by atoms with Gasteiger partial charge in [0.05, 0.1) is 22.5 Å². The molecule has 0 radical (unpaired) electrons. The van der Waals surface area contributed by atoms with Crippen LogP contribution >= 0.6 is 0 Å². The summed E-state index contributed by atoms with van der Waals surface area (Å²) in [6.07, 6.45) is -2.58. The molecule has 6 heteroatoms. The van der Waals surface area contributed by atoms with E-state index < -0.39 is 11.7 Å². The van der Waals surface area contributed by atoms with E-state index in [1.54, 1.807) is 0 Å². The minimum absolute atomic E-state index is 0.0923. The van der Waals surface area contributed by atoms with Gasteiger partial charge in [0.2, 0.25) is 0 Å². The highest BCUT2D eigenvalue weighted by atomic mass is 19.4. The van der Waals surface area contributed by atoms with Crippen LogP contribution in [-0.4, -0.2) is 25.3 Å². The van der Waals surface area contributed by atoms with Crippen molar-refractivity contribution in [1.82, 2.24) is 0 Å². The van der Waals surface area contributed by atoms with Crippen molar-refractivity contribution in [2.75, 3.05) is 30.4 Å². The second-order valence-corrected chi connectivity index (χ2v) is 5.13. The fourth-order valence-electron chi connectivity index (χ4n) is 2.63. The summed E-state index contributed by atoms with van der Waals surface area (Å²) >= 11 is 0. The van der Waals surface area contributed by atoms with Crippen molar-refractivity contribution in [3.05, 3.63) is 23.8 Å². The molecule has 0 atom stereocenters. The monoisotopic (exact) mass is 272 g/mol. The number of anilines is 2. The second kappa shape index (κ2) is 4.30. The summed E-state index contributed by atoms with van der Waals surface area (Å²) in [6.45, 7) is 2.00. The normalized spacial score (nSPS) is 21.4. The predicted molar refractivity (Wildman–Crippen MR) is 66.3 cm³/mol. The molecule has 1 fully saturated rings. The van der Waals surface area contributed by atoms with E-state index in [-0.39, 0.29) is 5.54 Å². The van der Waals surface area contributed by atoms with Crippen molar-refractivity contribution < 1.29 is 17.9 Å². The molecule has 0 aromatic heterocycles. The topological polar surface area (TPSA) is 33.3 Å². The smallest absolute Gasteiger partial charge is 0.381 e. The maximum absolute atomic E-state index is 12.6. The molecule has 1 spiro atoms. The lowest BCUT2D eigenvalue weighted by atomic mass is 9.87. The van der Waals surface area contributed by atoms with Crippen LogP contribution in [0.25, 0.3) is 0 Å². The van der Waals surface area contributed by atoms with Gasteiger partial charge < -0.3 is 15.4 Å². The molecule has 1 aromatic carbocycles. The number of hydrogen-bond donors (Lipinski definition) is 2. The van der Waals surface area contributed by atoms with Crippen LogP contribution in [0.2, 0.25) is 0 Å². The van der Waals surface area contributed by atoms with Gasteiger partial charge in [-0.15, -0.1) is 0 Å². The third-order valence-electron chi connectivity index (χ3n) is 3.81. The van der Waals surface area contributed by atoms with Gasteiger partial charge in [0, 0.05) is 19.8 Å². The number of hydrogen-bond acceptors (Lipinski definition) is 3. The highest BCUT2D eigenvalue weighted by Crippen LogP contribution is 2.39. The van der Waals surface area contributed by atoms with Crippen molar-refractivity contribution in [3.8, 4) is 0 Å². The molecule has 2 aliphatic rings. The molecule has 0 unspecified atom stereocenters. The summed E-state index contributed by atoms with van der Waals surface area (Å²) in [5.74, 6) is 0. The minimum atomic E-state index is -4.30. The van der Waals surface area contributed by atoms with Crippen molar-refractivity contribution in [3.63, 3.8) is 0 Å². The first-order chi connectivity index (χ1) is 8.99. The average Bonchev–Trinajstić information content (AvgIpc) is 2.38. The fourth-order valence-corrected chi connectivity index (χ4v) is 2.63. The van der Waals surface area contributed by atoms with Crippen molar-refractivity contribution in [2.45, 2.75) is 24.6 Å². The highest BCUT2D eigenvalue weighted by Gasteiger charge is 2.37. The maximum Gasteiger partial charge on any atom is 0.416 e. The number of alkyl halides is 3. The molecule has 19 heavy (non-hydrogen) atoms. The van der Waals surface area contributed by atoms with Gasteiger partial charge in [-0.3, -0.25) is 0 Å². The first-order valence-corrected chi connectivity index (χ1v) is 6.30. The molecular formula is C13H15F3N2O. The standard InChI is InChI=1S/C13H15F3N2O/c14-13(15,16)9-1-2-10-11(7-9)17-8-12(18-10)3-5-19-6-4-12/h1-2,7,17-18H,3-6,8H2. The van der Waals surface area contributed by atoms with Crippen LogP contribution in [0.1, 0.15) is 18.4 Å². The highest BCUT2D eigenvalue weighted by molar-refractivity contribution is 5.73. The first kappa shape index (κ1) is 12.6. The van der Waals surface area contributed by atoms with Gasteiger partial charge in [-0.2, -0.15) is 13.2 Å². The minimum Gasteiger partial charge on any atom is -0.381 e. The summed E-state index contributed by atoms with van der Waals surface area (Å²) in [4.78, 5) is 0. The lowest BCUT2D eigenvalue weighted by Crippen LogP contribution is -2.51. The van der Waals surface area contributed by atoms with E-state index in [1.807, 2.05) is 0 Å². The quantitative estimate of drug-likeness (QED) is 0.761. The fraction of sp³-hybridized carbons (Fsp3) is 0.538. The Bertz CT molecular complexity index is 481. The zero-order chi connectivity index (χ0) is 13.5. The summed E-state index contributed by atoms with van der Waals surface area (Å²) < 4.78 is 43.3. The van der Waals surface area contributed by atoms with Crippen LogP contribution in [0.5, 0.6) is 0 Å². The lowest BCUT2D eigenvalue weighted by molar-refractivity contribution is -0.137. The van der Waals surface area contributed by atoms with Crippen LogP contribution in [0.15, 0.2) is 18.2 Å². The number of nitrogens with one attached hydrogen (secondary N) is 2. The summed E-state index contributed by atoms with van der Waals surface area (Å²) in [5.41, 5.74) is 0.543. The lowest BCUT2D eigenvalue weighted by Gasteiger charge is -2.43. The van der Waals surface area contributed by atoms with Crippen LogP contribution in [0, 0.1) is 0 Å². The van der Waals surface area contributed by atoms with Gasteiger partial charge in [-0.05, 0) is 31.0 Å². The molecule has 2 aliphatic heterocycles. The average molecular weight is 272 g/mol. The number of benzene rings is 1. The Labute approximate surface area is 109 Å². The van der Waals surface area contributed by atoms with E-state index in [0.29, 0.717) is 25.4 Å². The van der Waals surface area contributed by atoms with Gasteiger partial charge in [0.25, 0.3) is 0 Å². The molecule has 1 saturated heterocycles. The zero-order valence-corrected chi connectivity index (χ0v) is 10.3. The molecule has 2 heterocycles. The molecule has 0 amide bonds. The Kier molecular flexibility index (Phi) is 2.85. The third-order valence-corrected chi connectivity index (χ3v) is 3.81. The Morgan fingerprint density at radius 1 is 1.11 bits per heavy atom. The van der Waals surface area contributed by atoms with Gasteiger partial charge >= 0.3 is 6.18 Å². The first-order valence-electron chi connectivity index (χ1n) is 6.30. The molecule has 2 N–H and O–H groups in total. The summed E-state index contributed by atoms with van der Waals surface area (Å²) in [7, 11) is 0. The Morgan fingerprint density at radius 3 is 2.53 bits per heavy atom. The van der Waals surface area contributed by atoms with Gasteiger partial charge in [0.15, 0.2) is 0 Å². The van der Waals surface area contributed by atoms with Crippen molar-refractivity contribution in [1.29, 1.82) is 0 Å². The SMILES string of the molecule is FC(F)(F)c1ccc2c(c1)NCC1(CCOCC1)N2. The molecular weight excluding hydrogens is 257 g/mol. The van der Waals surface area contributed by atoms with Crippen LogP contribution in [0.3, 0.4) is 0 Å². The molecule has 0 aliphatic carbocycles. The predicted octanol–water partition coefficient (Wildman–Crippen LogP) is 3.09. The maximum atomic E-state index is 12.6. The van der Waals surface area contributed by atoms with E-state index in [2.05, 4.69) is 10.6 Å². The van der Waals surface area contributed by atoms with Gasteiger partial charge in [-0.25, -0.2) is 0 Å².